The highest BCUT2D eigenvalue weighted by molar-refractivity contribution is 7.91. The van der Waals surface area contributed by atoms with Gasteiger partial charge < -0.3 is 10.2 Å². The number of hydrogen-bond donors (Lipinski definition) is 2. The molecule has 1 fully saturated rings. The molecule has 1 amide bonds. The molecule has 2 heterocycles. The zero-order chi connectivity index (χ0) is 14.6. The lowest BCUT2D eigenvalue weighted by atomic mass is 10.4. The Labute approximate surface area is 127 Å². The standard InChI is InChI=1S/C11H16ClN3O3S2/c12-9-2-3-11(19-9)20(17,18)14-8-10(16)15-6-1-4-13-5-7-15/h2-3,13-14H,1,4-8H2. The van der Waals surface area contributed by atoms with Crippen LogP contribution in [0.1, 0.15) is 6.42 Å². The molecule has 0 unspecified atom stereocenters. The Kier molecular flexibility index (Phi) is 5.39. The molecule has 1 aromatic rings. The first-order chi connectivity index (χ1) is 9.49. The molecule has 1 saturated heterocycles. The highest BCUT2D eigenvalue weighted by atomic mass is 35.5. The Morgan fingerprint density at radius 3 is 2.90 bits per heavy atom. The molecule has 0 saturated carbocycles. The van der Waals surface area contributed by atoms with Crippen LogP contribution < -0.4 is 10.0 Å². The van der Waals surface area contributed by atoms with Crippen LogP contribution in [0.4, 0.5) is 0 Å². The van der Waals surface area contributed by atoms with Crippen molar-refractivity contribution in [2.24, 2.45) is 0 Å². The van der Waals surface area contributed by atoms with E-state index in [4.69, 9.17) is 11.6 Å². The molecule has 0 atom stereocenters. The SMILES string of the molecule is O=C(CNS(=O)(=O)c1ccc(Cl)s1)N1CCCNCC1. The molecular formula is C11H16ClN3O3S2. The number of nitrogens with one attached hydrogen (secondary N) is 2. The van der Waals surface area contributed by atoms with Gasteiger partial charge in [0, 0.05) is 19.6 Å². The van der Waals surface area contributed by atoms with Crippen LogP contribution in [-0.2, 0) is 14.8 Å². The van der Waals surface area contributed by atoms with E-state index >= 15 is 0 Å². The van der Waals surface area contributed by atoms with E-state index in [1.54, 1.807) is 4.90 Å². The van der Waals surface area contributed by atoms with Gasteiger partial charge in [-0.1, -0.05) is 11.6 Å². The van der Waals surface area contributed by atoms with Gasteiger partial charge in [0.1, 0.15) is 4.21 Å². The fourth-order valence-corrected chi connectivity index (χ4v) is 4.38. The molecule has 6 nitrogen and oxygen atoms in total. The van der Waals surface area contributed by atoms with Crippen molar-refractivity contribution in [2.45, 2.75) is 10.6 Å². The van der Waals surface area contributed by atoms with Crippen LogP contribution in [0.3, 0.4) is 0 Å². The molecule has 0 aliphatic carbocycles. The molecule has 1 aliphatic heterocycles. The Hall–Kier alpha value is -0.670. The van der Waals surface area contributed by atoms with Crippen LogP contribution in [0.25, 0.3) is 0 Å². The average Bonchev–Trinajstić information content (AvgIpc) is 2.69. The third-order valence-corrected chi connectivity index (χ3v) is 6.04. The van der Waals surface area contributed by atoms with Crippen molar-refractivity contribution in [2.75, 3.05) is 32.7 Å². The van der Waals surface area contributed by atoms with Gasteiger partial charge in [-0.15, -0.1) is 11.3 Å². The van der Waals surface area contributed by atoms with Gasteiger partial charge in [-0.25, -0.2) is 13.1 Å². The summed E-state index contributed by atoms with van der Waals surface area (Å²) in [6.45, 7) is 2.64. The van der Waals surface area contributed by atoms with E-state index in [-0.39, 0.29) is 16.7 Å². The lowest BCUT2D eigenvalue weighted by Crippen LogP contribution is -2.41. The highest BCUT2D eigenvalue weighted by Crippen LogP contribution is 2.25. The van der Waals surface area contributed by atoms with Crippen molar-refractivity contribution in [3.05, 3.63) is 16.5 Å². The van der Waals surface area contributed by atoms with E-state index in [9.17, 15) is 13.2 Å². The average molecular weight is 338 g/mol. The minimum atomic E-state index is -3.66. The summed E-state index contributed by atoms with van der Waals surface area (Å²) in [6.07, 6.45) is 0.874. The zero-order valence-electron chi connectivity index (χ0n) is 10.8. The van der Waals surface area contributed by atoms with Crippen molar-refractivity contribution in [1.82, 2.24) is 14.9 Å². The maximum Gasteiger partial charge on any atom is 0.250 e. The molecule has 112 valence electrons. The van der Waals surface area contributed by atoms with E-state index in [2.05, 4.69) is 10.0 Å². The number of thiophene rings is 1. The van der Waals surface area contributed by atoms with Crippen molar-refractivity contribution in [3.63, 3.8) is 0 Å². The lowest BCUT2D eigenvalue weighted by molar-refractivity contribution is -0.129. The quantitative estimate of drug-likeness (QED) is 0.838. The van der Waals surface area contributed by atoms with Gasteiger partial charge in [-0.05, 0) is 25.1 Å². The zero-order valence-corrected chi connectivity index (χ0v) is 13.2. The van der Waals surface area contributed by atoms with Crippen LogP contribution in [0.5, 0.6) is 0 Å². The van der Waals surface area contributed by atoms with Crippen molar-refractivity contribution >= 4 is 38.9 Å². The first-order valence-corrected chi connectivity index (χ1v) is 8.90. The van der Waals surface area contributed by atoms with Crippen molar-refractivity contribution in [1.29, 1.82) is 0 Å². The number of rotatable bonds is 4. The van der Waals surface area contributed by atoms with Gasteiger partial charge in [-0.3, -0.25) is 4.79 Å². The van der Waals surface area contributed by atoms with E-state index in [0.29, 0.717) is 17.4 Å². The third-order valence-electron chi connectivity index (χ3n) is 2.92. The smallest absolute Gasteiger partial charge is 0.250 e. The first kappa shape index (κ1) is 15.7. The summed E-state index contributed by atoms with van der Waals surface area (Å²) in [5.41, 5.74) is 0. The Balaban J connectivity index is 1.92. The van der Waals surface area contributed by atoms with E-state index in [1.165, 1.54) is 12.1 Å². The monoisotopic (exact) mass is 337 g/mol. The van der Waals surface area contributed by atoms with Gasteiger partial charge in [0.25, 0.3) is 10.0 Å². The number of nitrogens with zero attached hydrogens (tertiary/aromatic N) is 1. The normalized spacial score (nSPS) is 16.9. The summed E-state index contributed by atoms with van der Waals surface area (Å²) >= 11 is 6.68. The summed E-state index contributed by atoms with van der Waals surface area (Å²) in [5, 5.41) is 3.19. The van der Waals surface area contributed by atoms with E-state index in [1.807, 2.05) is 0 Å². The maximum atomic E-state index is 12.0. The highest BCUT2D eigenvalue weighted by Gasteiger charge is 2.20. The van der Waals surface area contributed by atoms with E-state index in [0.717, 1.165) is 30.8 Å². The maximum absolute atomic E-state index is 12.0. The first-order valence-electron chi connectivity index (χ1n) is 6.22. The number of amides is 1. The van der Waals surface area contributed by atoms with Crippen LogP contribution in [0.15, 0.2) is 16.3 Å². The number of carbonyl (C=O) groups is 1. The molecule has 0 bridgehead atoms. The number of carbonyl (C=O) groups excluding carboxylic acids is 1. The lowest BCUT2D eigenvalue weighted by Gasteiger charge is -2.19. The van der Waals surface area contributed by atoms with Gasteiger partial charge in [0.15, 0.2) is 0 Å². The van der Waals surface area contributed by atoms with Gasteiger partial charge in [-0.2, -0.15) is 0 Å². The third kappa shape index (κ3) is 4.16. The van der Waals surface area contributed by atoms with Crippen molar-refractivity contribution in [3.8, 4) is 0 Å². The molecule has 0 spiro atoms. The summed E-state index contributed by atoms with van der Waals surface area (Å²) < 4.78 is 26.8. The van der Waals surface area contributed by atoms with Crippen LogP contribution in [0.2, 0.25) is 4.34 Å². The summed E-state index contributed by atoms with van der Waals surface area (Å²) in [7, 11) is -3.66. The Morgan fingerprint density at radius 1 is 1.40 bits per heavy atom. The molecular weight excluding hydrogens is 322 g/mol. The van der Waals surface area contributed by atoms with Crippen LogP contribution in [0, 0.1) is 0 Å². The predicted octanol–water partition coefficient (Wildman–Crippen LogP) is 0.502. The summed E-state index contributed by atoms with van der Waals surface area (Å²) in [4.78, 5) is 13.7. The molecule has 2 rings (SSSR count). The fraction of sp³-hybridized carbons (Fsp3) is 0.545. The number of sulfonamides is 1. The second-order valence-corrected chi connectivity index (χ2v) is 8.08. The largest absolute Gasteiger partial charge is 0.340 e. The van der Waals surface area contributed by atoms with Gasteiger partial charge >= 0.3 is 0 Å². The number of hydrogen-bond acceptors (Lipinski definition) is 5. The minimum Gasteiger partial charge on any atom is -0.340 e. The fourth-order valence-electron chi connectivity index (χ4n) is 1.88. The Morgan fingerprint density at radius 2 is 2.20 bits per heavy atom. The second kappa shape index (κ2) is 6.86. The molecule has 0 aromatic carbocycles. The summed E-state index contributed by atoms with van der Waals surface area (Å²) in [6, 6.07) is 2.94. The van der Waals surface area contributed by atoms with Crippen LogP contribution >= 0.6 is 22.9 Å². The summed E-state index contributed by atoms with van der Waals surface area (Å²) in [5.74, 6) is -0.208. The topological polar surface area (TPSA) is 78.5 Å². The molecule has 1 aromatic heterocycles. The van der Waals surface area contributed by atoms with Gasteiger partial charge in [0.05, 0.1) is 10.9 Å². The van der Waals surface area contributed by atoms with E-state index < -0.39 is 10.0 Å². The van der Waals surface area contributed by atoms with Gasteiger partial charge in [0.2, 0.25) is 5.91 Å². The second-order valence-electron chi connectivity index (χ2n) is 4.37. The molecule has 2 N–H and O–H groups in total. The number of halogens is 1. The minimum absolute atomic E-state index is 0.118. The molecule has 1 aliphatic rings. The molecule has 0 radical (unpaired) electrons. The van der Waals surface area contributed by atoms with Crippen LogP contribution in [-0.4, -0.2) is 51.9 Å². The molecule has 20 heavy (non-hydrogen) atoms. The molecule has 9 heteroatoms. The predicted molar refractivity (Wildman–Crippen MR) is 78.6 cm³/mol. The van der Waals surface area contributed by atoms with Crippen molar-refractivity contribution < 1.29 is 13.2 Å². The Bertz CT molecular complexity index is 565.